The van der Waals surface area contributed by atoms with Crippen LogP contribution in [0.4, 0.5) is 11.4 Å². The number of benzene rings is 2. The zero-order valence-electron chi connectivity index (χ0n) is 11.4. The van der Waals surface area contributed by atoms with Crippen LogP contribution in [0, 0.1) is 6.92 Å². The number of rotatable bonds is 3. The molecule has 0 saturated carbocycles. The van der Waals surface area contributed by atoms with Gasteiger partial charge in [0, 0.05) is 16.6 Å². The van der Waals surface area contributed by atoms with E-state index < -0.39 is 5.97 Å². The number of aromatic carboxylic acids is 1. The van der Waals surface area contributed by atoms with Crippen molar-refractivity contribution in [1.29, 1.82) is 0 Å². The molecule has 5 nitrogen and oxygen atoms in total. The van der Waals surface area contributed by atoms with E-state index in [4.69, 9.17) is 5.11 Å². The number of carboxylic acids is 1. The first kappa shape index (κ1) is 13.1. The number of aromatic nitrogens is 1. The Hall–Kier alpha value is -2.95. The van der Waals surface area contributed by atoms with E-state index in [1.54, 1.807) is 12.1 Å². The molecular weight excluding hydrogens is 266 g/mol. The molecule has 0 atom stereocenters. The molecule has 0 amide bonds. The summed E-state index contributed by atoms with van der Waals surface area (Å²) < 4.78 is 0. The van der Waals surface area contributed by atoms with Crippen LogP contribution in [0.3, 0.4) is 0 Å². The Morgan fingerprint density at radius 3 is 2.48 bits per heavy atom. The standard InChI is InChI=1S/C16H13N3O2/c1-10-15(13-4-2-3-5-14(13)17-10)19-18-12-8-6-11(7-9-12)16(20)21/h2-9,17H,1H3,(H,20,21). The maximum absolute atomic E-state index is 10.8. The summed E-state index contributed by atoms with van der Waals surface area (Å²) in [6.45, 7) is 1.95. The number of hydrogen-bond acceptors (Lipinski definition) is 3. The summed E-state index contributed by atoms with van der Waals surface area (Å²) >= 11 is 0. The van der Waals surface area contributed by atoms with Crippen molar-refractivity contribution in [3.8, 4) is 0 Å². The highest BCUT2D eigenvalue weighted by molar-refractivity contribution is 5.92. The van der Waals surface area contributed by atoms with Gasteiger partial charge in [0.15, 0.2) is 0 Å². The minimum atomic E-state index is -0.953. The van der Waals surface area contributed by atoms with Gasteiger partial charge in [-0.25, -0.2) is 4.79 Å². The zero-order chi connectivity index (χ0) is 14.8. The third-order valence-electron chi connectivity index (χ3n) is 3.24. The Balaban J connectivity index is 1.94. The summed E-state index contributed by atoms with van der Waals surface area (Å²) in [5.74, 6) is -0.953. The summed E-state index contributed by atoms with van der Waals surface area (Å²) in [4.78, 5) is 14.0. The summed E-state index contributed by atoms with van der Waals surface area (Å²) in [7, 11) is 0. The molecule has 3 aromatic rings. The number of H-pyrrole nitrogens is 1. The van der Waals surface area contributed by atoms with Crippen LogP contribution < -0.4 is 0 Å². The average molecular weight is 279 g/mol. The molecule has 2 N–H and O–H groups in total. The van der Waals surface area contributed by atoms with Crippen molar-refractivity contribution >= 4 is 28.2 Å². The second-order valence-electron chi connectivity index (χ2n) is 4.70. The van der Waals surface area contributed by atoms with Crippen LogP contribution in [0.5, 0.6) is 0 Å². The Kier molecular flexibility index (Phi) is 3.23. The van der Waals surface area contributed by atoms with Crippen LogP contribution >= 0.6 is 0 Å². The van der Waals surface area contributed by atoms with Crippen LogP contribution in [0.15, 0.2) is 58.8 Å². The average Bonchev–Trinajstić information content (AvgIpc) is 2.81. The van der Waals surface area contributed by atoms with Crippen molar-refractivity contribution in [2.45, 2.75) is 6.92 Å². The highest BCUT2D eigenvalue weighted by atomic mass is 16.4. The van der Waals surface area contributed by atoms with E-state index in [1.165, 1.54) is 12.1 Å². The first-order valence-electron chi connectivity index (χ1n) is 6.47. The molecule has 0 fully saturated rings. The maximum atomic E-state index is 10.8. The molecule has 21 heavy (non-hydrogen) atoms. The van der Waals surface area contributed by atoms with Crippen molar-refractivity contribution in [3.63, 3.8) is 0 Å². The SMILES string of the molecule is Cc1[nH]c2ccccc2c1N=Nc1ccc(C(=O)O)cc1. The predicted molar refractivity (Wildman–Crippen MR) is 80.6 cm³/mol. The lowest BCUT2D eigenvalue weighted by Gasteiger charge is -1.95. The lowest BCUT2D eigenvalue weighted by molar-refractivity contribution is 0.0697. The zero-order valence-corrected chi connectivity index (χ0v) is 11.4. The van der Waals surface area contributed by atoms with E-state index in [2.05, 4.69) is 15.2 Å². The van der Waals surface area contributed by atoms with E-state index in [-0.39, 0.29) is 5.56 Å². The van der Waals surface area contributed by atoms with Gasteiger partial charge in [-0.1, -0.05) is 18.2 Å². The Bertz CT molecular complexity index is 832. The Morgan fingerprint density at radius 1 is 1.05 bits per heavy atom. The smallest absolute Gasteiger partial charge is 0.335 e. The summed E-state index contributed by atoms with van der Waals surface area (Å²) in [5, 5.41) is 18.3. The molecule has 104 valence electrons. The molecule has 0 aliphatic carbocycles. The first-order chi connectivity index (χ1) is 10.1. The third-order valence-corrected chi connectivity index (χ3v) is 3.24. The normalized spacial score (nSPS) is 11.3. The molecule has 0 radical (unpaired) electrons. The fourth-order valence-corrected chi connectivity index (χ4v) is 2.17. The number of fused-ring (bicyclic) bond motifs is 1. The highest BCUT2D eigenvalue weighted by Gasteiger charge is 2.07. The van der Waals surface area contributed by atoms with Gasteiger partial charge in [0.2, 0.25) is 0 Å². The van der Waals surface area contributed by atoms with E-state index in [1.807, 2.05) is 31.2 Å². The number of azo groups is 1. The Labute approximate surface area is 121 Å². The molecule has 1 heterocycles. The summed E-state index contributed by atoms with van der Waals surface area (Å²) in [6.07, 6.45) is 0. The Morgan fingerprint density at radius 2 is 1.76 bits per heavy atom. The largest absolute Gasteiger partial charge is 0.478 e. The van der Waals surface area contributed by atoms with Crippen LogP contribution in [0.1, 0.15) is 16.1 Å². The van der Waals surface area contributed by atoms with E-state index in [0.717, 1.165) is 22.3 Å². The molecular formula is C16H13N3O2. The number of hydrogen-bond donors (Lipinski definition) is 2. The number of nitrogens with one attached hydrogen (secondary N) is 1. The van der Waals surface area contributed by atoms with Crippen molar-refractivity contribution in [2.24, 2.45) is 10.2 Å². The van der Waals surface area contributed by atoms with Gasteiger partial charge in [0.1, 0.15) is 5.69 Å². The summed E-state index contributed by atoms with van der Waals surface area (Å²) in [5.41, 5.74) is 3.61. The molecule has 0 aliphatic heterocycles. The van der Waals surface area contributed by atoms with E-state index in [9.17, 15) is 4.79 Å². The van der Waals surface area contributed by atoms with Gasteiger partial charge < -0.3 is 10.1 Å². The van der Waals surface area contributed by atoms with E-state index >= 15 is 0 Å². The number of nitrogens with zero attached hydrogens (tertiary/aromatic N) is 2. The van der Waals surface area contributed by atoms with Gasteiger partial charge in [-0.15, -0.1) is 5.11 Å². The molecule has 5 heteroatoms. The molecule has 2 aromatic carbocycles. The van der Waals surface area contributed by atoms with Crippen molar-refractivity contribution in [3.05, 3.63) is 59.8 Å². The monoisotopic (exact) mass is 279 g/mol. The van der Waals surface area contributed by atoms with Crippen molar-refractivity contribution in [2.75, 3.05) is 0 Å². The summed E-state index contributed by atoms with van der Waals surface area (Å²) in [6, 6.07) is 14.2. The number of aromatic amines is 1. The second-order valence-corrected chi connectivity index (χ2v) is 4.70. The molecule has 0 aliphatic rings. The van der Waals surface area contributed by atoms with Gasteiger partial charge in [0.05, 0.1) is 11.3 Å². The van der Waals surface area contributed by atoms with Crippen molar-refractivity contribution < 1.29 is 9.90 Å². The molecule has 0 bridgehead atoms. The minimum Gasteiger partial charge on any atom is -0.478 e. The fraction of sp³-hybridized carbons (Fsp3) is 0.0625. The van der Waals surface area contributed by atoms with Gasteiger partial charge >= 0.3 is 5.97 Å². The predicted octanol–water partition coefficient (Wildman–Crippen LogP) is 4.59. The number of carbonyl (C=O) groups is 1. The molecule has 0 spiro atoms. The lowest BCUT2D eigenvalue weighted by Crippen LogP contribution is -1.93. The molecule has 1 aromatic heterocycles. The lowest BCUT2D eigenvalue weighted by atomic mass is 10.2. The molecule has 0 unspecified atom stereocenters. The number of aryl methyl sites for hydroxylation is 1. The van der Waals surface area contributed by atoms with Gasteiger partial charge in [-0.2, -0.15) is 5.11 Å². The van der Waals surface area contributed by atoms with Crippen LogP contribution in [-0.4, -0.2) is 16.1 Å². The van der Waals surface area contributed by atoms with Crippen LogP contribution in [0.25, 0.3) is 10.9 Å². The van der Waals surface area contributed by atoms with Crippen LogP contribution in [0.2, 0.25) is 0 Å². The minimum absolute atomic E-state index is 0.234. The van der Waals surface area contributed by atoms with Gasteiger partial charge in [-0.05, 0) is 37.3 Å². The fourth-order valence-electron chi connectivity index (χ4n) is 2.17. The third kappa shape index (κ3) is 2.53. The highest BCUT2D eigenvalue weighted by Crippen LogP contribution is 2.31. The number of carboxylic acid groups (broad SMARTS) is 1. The van der Waals surface area contributed by atoms with Crippen LogP contribution in [-0.2, 0) is 0 Å². The molecule has 0 saturated heterocycles. The van der Waals surface area contributed by atoms with Gasteiger partial charge in [-0.3, -0.25) is 0 Å². The van der Waals surface area contributed by atoms with Crippen molar-refractivity contribution in [1.82, 2.24) is 4.98 Å². The van der Waals surface area contributed by atoms with E-state index in [0.29, 0.717) is 5.69 Å². The first-order valence-corrected chi connectivity index (χ1v) is 6.47. The second kappa shape index (κ2) is 5.20. The quantitative estimate of drug-likeness (QED) is 0.688. The number of para-hydroxylation sites is 1. The maximum Gasteiger partial charge on any atom is 0.335 e. The molecule has 3 rings (SSSR count). The van der Waals surface area contributed by atoms with Gasteiger partial charge in [0.25, 0.3) is 0 Å². The topological polar surface area (TPSA) is 77.8 Å².